The molecule has 0 aromatic rings. The van der Waals surface area contributed by atoms with Crippen LogP contribution in [0.4, 0.5) is 0 Å². The molecule has 0 saturated carbocycles. The molecule has 0 radical (unpaired) electrons. The monoisotopic (exact) mass is 179 g/mol. The van der Waals surface area contributed by atoms with Crippen molar-refractivity contribution in [2.45, 2.75) is 45.4 Å². The predicted octanol–water partition coefficient (Wildman–Crippen LogP) is 3.01. The van der Waals surface area contributed by atoms with Gasteiger partial charge in [-0.1, -0.05) is 39.0 Å². The molecule has 0 atom stereocenters. The topological polar surface area (TPSA) is 0 Å². The Morgan fingerprint density at radius 2 is 1.40 bits per heavy atom. The summed E-state index contributed by atoms with van der Waals surface area (Å²) in [5.41, 5.74) is 0. The molecule has 0 aliphatic carbocycles. The fourth-order valence-electron chi connectivity index (χ4n) is 0.892. The predicted molar refractivity (Wildman–Crippen MR) is 56.0 cm³/mol. The Balaban J connectivity index is 0. The van der Waals surface area contributed by atoms with Crippen molar-refractivity contribution in [1.29, 1.82) is 0 Å². The fraction of sp³-hybridized carbons (Fsp3) is 1.00. The molecule has 0 aromatic carbocycles. The second kappa shape index (κ2) is 12.4. The molecule has 0 aromatic heterocycles. The molecule has 0 unspecified atom stereocenters. The lowest BCUT2D eigenvalue weighted by Gasteiger charge is -1.95. The van der Waals surface area contributed by atoms with Gasteiger partial charge in [0.15, 0.2) is 0 Å². The maximum atomic E-state index is 4.15. The van der Waals surface area contributed by atoms with Crippen molar-refractivity contribution in [3.63, 3.8) is 0 Å². The molecule has 0 aliphatic rings. The van der Waals surface area contributed by atoms with Crippen LogP contribution in [-0.2, 0) is 13.5 Å². The van der Waals surface area contributed by atoms with Crippen molar-refractivity contribution in [3.8, 4) is 0 Å². The SMILES string of the molecule is CCCCCCCCS.[SH-]. The molecule has 10 heavy (non-hydrogen) atoms. The van der Waals surface area contributed by atoms with E-state index in [2.05, 4.69) is 19.6 Å². The van der Waals surface area contributed by atoms with E-state index in [9.17, 15) is 0 Å². The van der Waals surface area contributed by atoms with Crippen LogP contribution in [0.15, 0.2) is 0 Å². The molecule has 0 nitrogen and oxygen atoms in total. The first-order valence-electron chi connectivity index (χ1n) is 4.02. The average Bonchev–Trinajstić information content (AvgIpc) is 1.89. The second-order valence-electron chi connectivity index (χ2n) is 2.49. The van der Waals surface area contributed by atoms with E-state index in [1.54, 1.807) is 0 Å². The molecule has 64 valence electrons. The van der Waals surface area contributed by atoms with Crippen molar-refractivity contribution in [3.05, 3.63) is 0 Å². The largest absolute Gasteiger partial charge is 0.813 e. The second-order valence-corrected chi connectivity index (χ2v) is 2.94. The van der Waals surface area contributed by atoms with Gasteiger partial charge in [-0.3, -0.25) is 0 Å². The Kier molecular flexibility index (Phi) is 16.5. The van der Waals surface area contributed by atoms with Gasteiger partial charge in [0, 0.05) is 0 Å². The lowest BCUT2D eigenvalue weighted by atomic mass is 10.1. The summed E-state index contributed by atoms with van der Waals surface area (Å²) in [6, 6.07) is 0. The van der Waals surface area contributed by atoms with Gasteiger partial charge >= 0.3 is 0 Å². The molecule has 2 heteroatoms. The standard InChI is InChI=1S/C8H18S.H2S/c1-2-3-4-5-6-7-8-9;/h9H,2-8H2,1H3;1H2/p-1. The third-order valence-electron chi connectivity index (χ3n) is 1.51. The molecular formula is C8H19S2-. The zero-order valence-corrected chi connectivity index (χ0v) is 8.63. The summed E-state index contributed by atoms with van der Waals surface area (Å²) in [5, 5.41) is 0. The van der Waals surface area contributed by atoms with E-state index >= 15 is 0 Å². The Morgan fingerprint density at radius 1 is 0.900 bits per heavy atom. The molecule has 0 bridgehead atoms. The van der Waals surface area contributed by atoms with E-state index in [1.165, 1.54) is 38.5 Å². The van der Waals surface area contributed by atoms with Gasteiger partial charge in [0.25, 0.3) is 0 Å². The Labute approximate surface area is 77.6 Å². The Bertz CT molecular complexity index is 40.5. The molecule has 0 fully saturated rings. The summed E-state index contributed by atoms with van der Waals surface area (Å²) in [7, 11) is 0. The first-order valence-corrected chi connectivity index (χ1v) is 4.66. The molecule has 0 heterocycles. The van der Waals surface area contributed by atoms with Crippen LogP contribution in [0, 0.1) is 0 Å². The summed E-state index contributed by atoms with van der Waals surface area (Å²) >= 11 is 4.15. The van der Waals surface area contributed by atoms with Gasteiger partial charge in [0.05, 0.1) is 0 Å². The van der Waals surface area contributed by atoms with Crippen molar-refractivity contribution < 1.29 is 0 Å². The Morgan fingerprint density at radius 3 is 1.90 bits per heavy atom. The highest BCUT2D eigenvalue weighted by atomic mass is 32.1. The van der Waals surface area contributed by atoms with Crippen LogP contribution in [-0.4, -0.2) is 5.75 Å². The van der Waals surface area contributed by atoms with Crippen molar-refractivity contribution in [2.75, 3.05) is 5.75 Å². The van der Waals surface area contributed by atoms with Crippen molar-refractivity contribution >= 4 is 26.1 Å². The third-order valence-corrected chi connectivity index (χ3v) is 1.83. The minimum Gasteiger partial charge on any atom is -0.813 e. The number of thiol groups is 2. The van der Waals surface area contributed by atoms with Crippen molar-refractivity contribution in [2.24, 2.45) is 0 Å². The highest BCUT2D eigenvalue weighted by molar-refractivity contribution is 7.80. The minimum atomic E-state index is 0. The molecule has 0 rings (SSSR count). The average molecular weight is 179 g/mol. The summed E-state index contributed by atoms with van der Waals surface area (Å²) in [5.74, 6) is 1.06. The smallest absolute Gasteiger partial charge is 0.00979 e. The van der Waals surface area contributed by atoms with Crippen LogP contribution in [0.3, 0.4) is 0 Å². The maximum absolute atomic E-state index is 4.15. The van der Waals surface area contributed by atoms with Gasteiger partial charge in [-0.25, -0.2) is 0 Å². The molecule has 0 aliphatic heterocycles. The summed E-state index contributed by atoms with van der Waals surface area (Å²) < 4.78 is 0. The van der Waals surface area contributed by atoms with Crippen LogP contribution in [0.5, 0.6) is 0 Å². The van der Waals surface area contributed by atoms with E-state index < -0.39 is 0 Å². The van der Waals surface area contributed by atoms with Crippen molar-refractivity contribution in [1.82, 2.24) is 0 Å². The van der Waals surface area contributed by atoms with Gasteiger partial charge in [-0.2, -0.15) is 12.6 Å². The zero-order valence-electron chi connectivity index (χ0n) is 6.84. The van der Waals surface area contributed by atoms with Gasteiger partial charge in [-0.15, -0.1) is 0 Å². The number of unbranched alkanes of at least 4 members (excludes halogenated alkanes) is 5. The lowest BCUT2D eigenvalue weighted by molar-refractivity contribution is 0.627. The molecular weight excluding hydrogens is 160 g/mol. The van der Waals surface area contributed by atoms with E-state index in [1.807, 2.05) is 0 Å². The van der Waals surface area contributed by atoms with E-state index in [0.717, 1.165) is 5.75 Å². The van der Waals surface area contributed by atoms with E-state index in [0.29, 0.717) is 0 Å². The molecule has 0 N–H and O–H groups in total. The van der Waals surface area contributed by atoms with E-state index in [4.69, 9.17) is 0 Å². The van der Waals surface area contributed by atoms with Gasteiger partial charge in [0.1, 0.15) is 0 Å². The Hall–Kier alpha value is 0.700. The summed E-state index contributed by atoms with van der Waals surface area (Å²) in [6.45, 7) is 2.25. The van der Waals surface area contributed by atoms with Gasteiger partial charge in [-0.05, 0) is 12.2 Å². The number of rotatable bonds is 6. The lowest BCUT2D eigenvalue weighted by Crippen LogP contribution is -1.78. The number of hydrogen-bond acceptors (Lipinski definition) is 2. The highest BCUT2D eigenvalue weighted by Crippen LogP contribution is 2.04. The molecule has 0 spiro atoms. The number of hydrogen-bond donors (Lipinski definition) is 1. The third kappa shape index (κ3) is 11.5. The van der Waals surface area contributed by atoms with Crippen LogP contribution in [0.1, 0.15) is 45.4 Å². The molecule has 0 saturated heterocycles. The first-order chi connectivity index (χ1) is 4.41. The van der Waals surface area contributed by atoms with Gasteiger partial charge < -0.3 is 13.5 Å². The summed E-state index contributed by atoms with van der Waals surface area (Å²) in [4.78, 5) is 0. The zero-order chi connectivity index (χ0) is 6.95. The first kappa shape index (κ1) is 13.3. The van der Waals surface area contributed by atoms with Crippen LogP contribution in [0.25, 0.3) is 0 Å². The van der Waals surface area contributed by atoms with Crippen LogP contribution in [0.2, 0.25) is 0 Å². The van der Waals surface area contributed by atoms with Gasteiger partial charge in [0.2, 0.25) is 0 Å². The van der Waals surface area contributed by atoms with Crippen LogP contribution < -0.4 is 0 Å². The summed E-state index contributed by atoms with van der Waals surface area (Å²) in [6.07, 6.45) is 8.27. The maximum Gasteiger partial charge on any atom is -0.00979 e. The van der Waals surface area contributed by atoms with Crippen LogP contribution >= 0.6 is 12.6 Å². The normalized spacial score (nSPS) is 9.00. The highest BCUT2D eigenvalue weighted by Gasteiger charge is 1.86. The molecule has 0 amide bonds. The quantitative estimate of drug-likeness (QED) is 0.371. The van der Waals surface area contributed by atoms with E-state index in [-0.39, 0.29) is 13.5 Å². The minimum absolute atomic E-state index is 0. The fourth-order valence-corrected chi connectivity index (χ4v) is 1.12.